The van der Waals surface area contributed by atoms with E-state index >= 15 is 0 Å². The van der Waals surface area contributed by atoms with E-state index in [9.17, 15) is 8.42 Å². The fraction of sp³-hybridized carbons (Fsp3) is 0.588. The standard InChI is InChI=1S/C17H24N6O2S/c1-13-16(19-14(2)20-17(13)23-6-3-5-18-23)22-9-7-21(8-10-22)15-4-11-26(24,25)12-15/h3,5-6,15H,4,7-12H2,1-2H3/t15-/m1/s1. The molecule has 0 N–H and O–H groups in total. The first-order valence-electron chi connectivity index (χ1n) is 8.97. The molecule has 0 saturated carbocycles. The number of rotatable bonds is 3. The second-order valence-electron chi connectivity index (χ2n) is 7.07. The van der Waals surface area contributed by atoms with Gasteiger partial charge in [0, 0.05) is 50.2 Å². The van der Waals surface area contributed by atoms with Crippen LogP contribution in [-0.4, -0.2) is 76.8 Å². The predicted molar refractivity (Wildman–Crippen MR) is 99.5 cm³/mol. The van der Waals surface area contributed by atoms with Crippen LogP contribution < -0.4 is 4.90 Å². The lowest BCUT2D eigenvalue weighted by Gasteiger charge is -2.38. The third-order valence-corrected chi connectivity index (χ3v) is 7.02. The molecule has 0 radical (unpaired) electrons. The van der Waals surface area contributed by atoms with Gasteiger partial charge in [0.1, 0.15) is 11.6 Å². The third kappa shape index (κ3) is 3.33. The molecule has 2 fully saturated rings. The highest BCUT2D eigenvalue weighted by Gasteiger charge is 2.34. The van der Waals surface area contributed by atoms with E-state index in [2.05, 4.69) is 24.9 Å². The van der Waals surface area contributed by atoms with Gasteiger partial charge in [-0.2, -0.15) is 5.10 Å². The Morgan fingerprint density at radius 2 is 1.81 bits per heavy atom. The fourth-order valence-corrected chi connectivity index (χ4v) is 5.65. The van der Waals surface area contributed by atoms with Gasteiger partial charge in [-0.1, -0.05) is 0 Å². The molecule has 2 aliphatic heterocycles. The molecule has 26 heavy (non-hydrogen) atoms. The van der Waals surface area contributed by atoms with E-state index in [1.54, 1.807) is 10.9 Å². The molecule has 0 aliphatic carbocycles. The number of aromatic nitrogens is 4. The lowest BCUT2D eigenvalue weighted by atomic mass is 10.2. The van der Waals surface area contributed by atoms with Crippen molar-refractivity contribution in [2.75, 3.05) is 42.6 Å². The third-order valence-electron chi connectivity index (χ3n) is 5.27. The molecule has 0 amide bonds. The van der Waals surface area contributed by atoms with Gasteiger partial charge in [0.2, 0.25) is 0 Å². The molecular formula is C17H24N6O2S. The molecular weight excluding hydrogens is 352 g/mol. The van der Waals surface area contributed by atoms with Crippen LogP contribution in [0.15, 0.2) is 18.5 Å². The molecule has 0 spiro atoms. The van der Waals surface area contributed by atoms with Gasteiger partial charge in [-0.05, 0) is 26.3 Å². The summed E-state index contributed by atoms with van der Waals surface area (Å²) in [5.74, 6) is 3.11. The van der Waals surface area contributed by atoms with Gasteiger partial charge in [0.15, 0.2) is 15.7 Å². The zero-order valence-electron chi connectivity index (χ0n) is 15.2. The Kier molecular flexibility index (Phi) is 4.44. The lowest BCUT2D eigenvalue weighted by Crippen LogP contribution is -2.51. The maximum absolute atomic E-state index is 11.7. The minimum atomic E-state index is -2.84. The monoisotopic (exact) mass is 376 g/mol. The van der Waals surface area contributed by atoms with Gasteiger partial charge in [-0.25, -0.2) is 23.1 Å². The Morgan fingerprint density at radius 3 is 2.42 bits per heavy atom. The Balaban J connectivity index is 1.51. The average molecular weight is 376 g/mol. The van der Waals surface area contributed by atoms with E-state index in [1.165, 1.54) is 0 Å². The van der Waals surface area contributed by atoms with Gasteiger partial charge in [-0.15, -0.1) is 0 Å². The number of hydrogen-bond acceptors (Lipinski definition) is 7. The maximum Gasteiger partial charge on any atom is 0.162 e. The summed E-state index contributed by atoms with van der Waals surface area (Å²) in [4.78, 5) is 13.8. The molecule has 0 unspecified atom stereocenters. The molecule has 2 aliphatic rings. The molecule has 2 aromatic heterocycles. The summed E-state index contributed by atoms with van der Waals surface area (Å²) in [7, 11) is -2.84. The van der Waals surface area contributed by atoms with Crippen molar-refractivity contribution in [2.24, 2.45) is 0 Å². The van der Waals surface area contributed by atoms with Crippen molar-refractivity contribution < 1.29 is 8.42 Å². The molecule has 2 saturated heterocycles. The zero-order chi connectivity index (χ0) is 18.3. The molecule has 9 heteroatoms. The zero-order valence-corrected chi connectivity index (χ0v) is 16.0. The van der Waals surface area contributed by atoms with Crippen LogP contribution in [0.3, 0.4) is 0 Å². The molecule has 2 aromatic rings. The minimum Gasteiger partial charge on any atom is -0.354 e. The summed E-state index contributed by atoms with van der Waals surface area (Å²) in [5, 5.41) is 4.30. The number of anilines is 1. The van der Waals surface area contributed by atoms with Crippen LogP contribution in [0, 0.1) is 13.8 Å². The second kappa shape index (κ2) is 6.62. The summed E-state index contributed by atoms with van der Waals surface area (Å²) in [6.45, 7) is 7.33. The summed E-state index contributed by atoms with van der Waals surface area (Å²) in [6.07, 6.45) is 4.39. The number of nitrogens with zero attached hydrogens (tertiary/aromatic N) is 6. The van der Waals surface area contributed by atoms with Crippen LogP contribution in [0.5, 0.6) is 0 Å². The molecule has 0 bridgehead atoms. The number of aryl methyl sites for hydroxylation is 1. The van der Waals surface area contributed by atoms with Gasteiger partial charge < -0.3 is 4.90 Å². The summed E-state index contributed by atoms with van der Waals surface area (Å²) in [6, 6.07) is 2.06. The highest BCUT2D eigenvalue weighted by Crippen LogP contribution is 2.25. The topological polar surface area (TPSA) is 84.2 Å². The van der Waals surface area contributed by atoms with E-state index in [-0.39, 0.29) is 6.04 Å². The van der Waals surface area contributed by atoms with Crippen molar-refractivity contribution in [3.8, 4) is 5.82 Å². The van der Waals surface area contributed by atoms with Crippen LogP contribution in [0.25, 0.3) is 5.82 Å². The Labute approximate surface area is 153 Å². The van der Waals surface area contributed by atoms with Crippen molar-refractivity contribution in [1.82, 2.24) is 24.6 Å². The fourth-order valence-electron chi connectivity index (χ4n) is 3.89. The van der Waals surface area contributed by atoms with E-state index in [0.717, 1.165) is 55.6 Å². The summed E-state index contributed by atoms with van der Waals surface area (Å²) >= 11 is 0. The predicted octanol–water partition coefficient (Wildman–Crippen LogP) is 0.588. The average Bonchev–Trinajstić information content (AvgIpc) is 3.26. The van der Waals surface area contributed by atoms with E-state index < -0.39 is 9.84 Å². The van der Waals surface area contributed by atoms with Gasteiger partial charge >= 0.3 is 0 Å². The molecule has 8 nitrogen and oxygen atoms in total. The second-order valence-corrected chi connectivity index (χ2v) is 9.30. The van der Waals surface area contributed by atoms with E-state index in [0.29, 0.717) is 11.5 Å². The molecule has 1 atom stereocenters. The van der Waals surface area contributed by atoms with Crippen molar-refractivity contribution >= 4 is 15.7 Å². The summed E-state index contributed by atoms with van der Waals surface area (Å²) < 4.78 is 25.2. The highest BCUT2D eigenvalue weighted by atomic mass is 32.2. The summed E-state index contributed by atoms with van der Waals surface area (Å²) in [5.41, 5.74) is 1.01. The highest BCUT2D eigenvalue weighted by molar-refractivity contribution is 7.91. The van der Waals surface area contributed by atoms with Gasteiger partial charge in [0.05, 0.1) is 11.5 Å². The lowest BCUT2D eigenvalue weighted by molar-refractivity contribution is 0.200. The number of hydrogen-bond donors (Lipinski definition) is 0. The normalized spacial score (nSPS) is 23.5. The Morgan fingerprint density at radius 1 is 1.08 bits per heavy atom. The maximum atomic E-state index is 11.7. The molecule has 0 aromatic carbocycles. The van der Waals surface area contributed by atoms with Crippen LogP contribution >= 0.6 is 0 Å². The van der Waals surface area contributed by atoms with Gasteiger partial charge in [-0.3, -0.25) is 4.90 Å². The number of sulfone groups is 1. The van der Waals surface area contributed by atoms with Gasteiger partial charge in [0.25, 0.3) is 0 Å². The van der Waals surface area contributed by atoms with Crippen molar-refractivity contribution in [2.45, 2.75) is 26.3 Å². The SMILES string of the molecule is Cc1nc(N2CCN([C@@H]3CCS(=O)(=O)C3)CC2)c(C)c(-n2cccn2)n1. The minimum absolute atomic E-state index is 0.176. The van der Waals surface area contributed by atoms with Crippen LogP contribution in [0.4, 0.5) is 5.82 Å². The first-order chi connectivity index (χ1) is 12.4. The molecule has 4 heterocycles. The smallest absolute Gasteiger partial charge is 0.162 e. The molecule has 4 rings (SSSR count). The van der Waals surface area contributed by atoms with Crippen molar-refractivity contribution in [3.05, 3.63) is 29.8 Å². The first kappa shape index (κ1) is 17.4. The van der Waals surface area contributed by atoms with Crippen LogP contribution in [0.1, 0.15) is 17.8 Å². The Bertz CT molecular complexity index is 888. The first-order valence-corrected chi connectivity index (χ1v) is 10.8. The quantitative estimate of drug-likeness (QED) is 0.775. The van der Waals surface area contributed by atoms with E-state index in [1.807, 2.05) is 26.1 Å². The van der Waals surface area contributed by atoms with Crippen molar-refractivity contribution in [3.63, 3.8) is 0 Å². The van der Waals surface area contributed by atoms with Crippen LogP contribution in [0.2, 0.25) is 0 Å². The Hall–Kier alpha value is -2.00. The largest absolute Gasteiger partial charge is 0.354 e. The molecule has 140 valence electrons. The van der Waals surface area contributed by atoms with Crippen LogP contribution in [-0.2, 0) is 9.84 Å². The van der Waals surface area contributed by atoms with Crippen molar-refractivity contribution in [1.29, 1.82) is 0 Å². The van der Waals surface area contributed by atoms with E-state index in [4.69, 9.17) is 0 Å². The number of piperazine rings is 1.